The van der Waals surface area contributed by atoms with E-state index >= 15 is 0 Å². The third kappa shape index (κ3) is 2.10. The lowest BCUT2D eigenvalue weighted by Gasteiger charge is -2.44. The first-order valence-electron chi connectivity index (χ1n) is 7.06. The molecule has 0 radical (unpaired) electrons. The highest BCUT2D eigenvalue weighted by atomic mass is 14.5. The number of hydrogen-bond acceptors (Lipinski definition) is 0. The van der Waals surface area contributed by atoms with E-state index in [0.717, 1.165) is 5.92 Å². The van der Waals surface area contributed by atoms with E-state index < -0.39 is 0 Å². The first kappa shape index (κ1) is 11.5. The molecule has 0 saturated heterocycles. The van der Waals surface area contributed by atoms with Crippen molar-refractivity contribution in [2.24, 2.45) is 16.7 Å². The maximum Gasteiger partial charge on any atom is -0.0272 e. The third-order valence-corrected chi connectivity index (χ3v) is 5.78. The Balaban J connectivity index is 2.10. The van der Waals surface area contributed by atoms with Crippen LogP contribution in [0.4, 0.5) is 0 Å². The summed E-state index contributed by atoms with van der Waals surface area (Å²) in [6.45, 7) is 7.62. The van der Waals surface area contributed by atoms with E-state index in [9.17, 15) is 0 Å². The molecule has 2 fully saturated rings. The van der Waals surface area contributed by atoms with Gasteiger partial charge in [-0.1, -0.05) is 52.9 Å². The number of hydrogen-bond donors (Lipinski definition) is 0. The van der Waals surface area contributed by atoms with Crippen molar-refractivity contribution in [2.75, 3.05) is 0 Å². The predicted molar refractivity (Wildman–Crippen MR) is 66.9 cm³/mol. The molecule has 0 spiro atoms. The average molecular weight is 208 g/mol. The fourth-order valence-electron chi connectivity index (χ4n) is 4.04. The Kier molecular flexibility index (Phi) is 3.14. The first-order valence-corrected chi connectivity index (χ1v) is 7.06. The Morgan fingerprint density at radius 2 is 1.27 bits per heavy atom. The van der Waals surface area contributed by atoms with Gasteiger partial charge in [-0.05, 0) is 42.4 Å². The van der Waals surface area contributed by atoms with E-state index in [0.29, 0.717) is 10.8 Å². The van der Waals surface area contributed by atoms with Gasteiger partial charge in [0, 0.05) is 0 Å². The van der Waals surface area contributed by atoms with Crippen molar-refractivity contribution in [3.8, 4) is 0 Å². The molecule has 2 aliphatic carbocycles. The van der Waals surface area contributed by atoms with Crippen LogP contribution in [0.5, 0.6) is 0 Å². The van der Waals surface area contributed by atoms with Gasteiger partial charge in [0.15, 0.2) is 0 Å². The van der Waals surface area contributed by atoms with Gasteiger partial charge in [-0.15, -0.1) is 0 Å². The molecule has 0 aliphatic heterocycles. The summed E-state index contributed by atoms with van der Waals surface area (Å²) in [5.41, 5.74) is 1.34. The van der Waals surface area contributed by atoms with Crippen molar-refractivity contribution in [2.45, 2.75) is 78.6 Å². The van der Waals surface area contributed by atoms with Gasteiger partial charge in [0.25, 0.3) is 0 Å². The lowest BCUT2D eigenvalue weighted by atomic mass is 9.60. The molecule has 0 aromatic carbocycles. The molecule has 0 amide bonds. The highest BCUT2D eigenvalue weighted by Gasteiger charge is 2.45. The van der Waals surface area contributed by atoms with Gasteiger partial charge < -0.3 is 0 Å². The Morgan fingerprint density at radius 1 is 0.733 bits per heavy atom. The monoisotopic (exact) mass is 208 g/mol. The zero-order valence-corrected chi connectivity index (χ0v) is 10.9. The van der Waals surface area contributed by atoms with Gasteiger partial charge in [0.2, 0.25) is 0 Å². The zero-order valence-electron chi connectivity index (χ0n) is 10.9. The summed E-state index contributed by atoms with van der Waals surface area (Å²) in [6.07, 6.45) is 13.4. The van der Waals surface area contributed by atoms with Crippen LogP contribution in [0.25, 0.3) is 0 Å². The second-order valence-electron chi connectivity index (χ2n) is 6.86. The van der Waals surface area contributed by atoms with Crippen LogP contribution in [0.1, 0.15) is 78.6 Å². The average Bonchev–Trinajstić information content (AvgIpc) is 2.56. The van der Waals surface area contributed by atoms with E-state index in [1.165, 1.54) is 57.8 Å². The molecule has 2 rings (SSSR count). The fourth-order valence-corrected chi connectivity index (χ4v) is 4.04. The predicted octanol–water partition coefficient (Wildman–Crippen LogP) is 5.17. The maximum atomic E-state index is 2.59. The minimum atomic E-state index is 0.661. The van der Waals surface area contributed by atoms with Gasteiger partial charge in [-0.2, -0.15) is 0 Å². The van der Waals surface area contributed by atoms with Crippen molar-refractivity contribution in [1.29, 1.82) is 0 Å². The van der Waals surface area contributed by atoms with Crippen molar-refractivity contribution >= 4 is 0 Å². The molecule has 2 atom stereocenters. The van der Waals surface area contributed by atoms with Crippen molar-refractivity contribution in [3.63, 3.8) is 0 Å². The topological polar surface area (TPSA) is 0 Å². The summed E-state index contributed by atoms with van der Waals surface area (Å²) >= 11 is 0. The van der Waals surface area contributed by atoms with Crippen LogP contribution >= 0.6 is 0 Å². The van der Waals surface area contributed by atoms with Gasteiger partial charge in [0.1, 0.15) is 0 Å². The number of rotatable bonds is 1. The van der Waals surface area contributed by atoms with E-state index in [4.69, 9.17) is 0 Å². The van der Waals surface area contributed by atoms with E-state index in [1.54, 1.807) is 0 Å². The largest absolute Gasteiger partial charge is 0.0625 e. The molecular formula is C15H28. The Hall–Kier alpha value is 0. The lowest BCUT2D eigenvalue weighted by Crippen LogP contribution is -2.35. The van der Waals surface area contributed by atoms with Crippen molar-refractivity contribution in [1.82, 2.24) is 0 Å². The van der Waals surface area contributed by atoms with Crippen molar-refractivity contribution in [3.05, 3.63) is 0 Å². The minimum Gasteiger partial charge on any atom is -0.0625 e. The van der Waals surface area contributed by atoms with Gasteiger partial charge in [-0.25, -0.2) is 0 Å². The minimum absolute atomic E-state index is 0.661. The highest BCUT2D eigenvalue weighted by Crippen LogP contribution is 2.57. The van der Waals surface area contributed by atoms with Crippen LogP contribution in [0, 0.1) is 16.7 Å². The van der Waals surface area contributed by atoms with E-state index in [2.05, 4.69) is 20.8 Å². The fraction of sp³-hybridized carbons (Fsp3) is 1.00. The Morgan fingerprint density at radius 3 is 1.93 bits per heavy atom. The van der Waals surface area contributed by atoms with Crippen LogP contribution < -0.4 is 0 Å². The van der Waals surface area contributed by atoms with Crippen LogP contribution in [0.3, 0.4) is 0 Å². The van der Waals surface area contributed by atoms with E-state index in [-0.39, 0.29) is 0 Å². The standard InChI is InChI=1S/C15H28/c1-13-7-6-11-15(3,12-8-13)14(2)9-4-5-10-14/h13H,4-12H2,1-3H3. The van der Waals surface area contributed by atoms with Crippen LogP contribution in [-0.4, -0.2) is 0 Å². The molecular weight excluding hydrogens is 180 g/mol. The zero-order chi connectivity index (χ0) is 10.9. The SMILES string of the molecule is CC1CCCC(C)(C2(C)CCCC2)CC1. The Bertz CT molecular complexity index is 212. The van der Waals surface area contributed by atoms with Gasteiger partial charge >= 0.3 is 0 Å². The molecule has 0 nitrogen and oxygen atoms in total. The molecule has 15 heavy (non-hydrogen) atoms. The van der Waals surface area contributed by atoms with Crippen LogP contribution in [0.15, 0.2) is 0 Å². The molecule has 0 aromatic rings. The summed E-state index contributed by atoms with van der Waals surface area (Å²) in [5, 5.41) is 0. The quantitative estimate of drug-likeness (QED) is 0.521. The maximum absolute atomic E-state index is 2.59. The third-order valence-electron chi connectivity index (χ3n) is 5.78. The molecule has 0 N–H and O–H groups in total. The van der Waals surface area contributed by atoms with Crippen LogP contribution in [-0.2, 0) is 0 Å². The highest BCUT2D eigenvalue weighted by molar-refractivity contribution is 4.96. The smallest absolute Gasteiger partial charge is 0.0272 e. The molecule has 0 heteroatoms. The molecule has 0 aromatic heterocycles. The molecule has 2 aliphatic rings. The van der Waals surface area contributed by atoms with Crippen molar-refractivity contribution < 1.29 is 0 Å². The van der Waals surface area contributed by atoms with Gasteiger partial charge in [0.05, 0.1) is 0 Å². The second kappa shape index (κ2) is 4.11. The first-order chi connectivity index (χ1) is 7.06. The summed E-state index contributed by atoms with van der Waals surface area (Å²) in [5.74, 6) is 0.983. The Labute approximate surface area is 95.8 Å². The molecule has 2 unspecified atom stereocenters. The molecule has 88 valence electrons. The molecule has 0 heterocycles. The summed E-state index contributed by atoms with van der Waals surface area (Å²) < 4.78 is 0. The normalized spacial score (nSPS) is 41.4. The summed E-state index contributed by atoms with van der Waals surface area (Å²) in [6, 6.07) is 0. The second-order valence-corrected chi connectivity index (χ2v) is 6.86. The lowest BCUT2D eigenvalue weighted by molar-refractivity contribution is 0.0562. The summed E-state index contributed by atoms with van der Waals surface area (Å²) in [7, 11) is 0. The molecule has 2 saturated carbocycles. The van der Waals surface area contributed by atoms with E-state index in [1.807, 2.05) is 0 Å². The summed E-state index contributed by atoms with van der Waals surface area (Å²) in [4.78, 5) is 0. The van der Waals surface area contributed by atoms with Crippen LogP contribution in [0.2, 0.25) is 0 Å². The molecule has 0 bridgehead atoms. The van der Waals surface area contributed by atoms with Gasteiger partial charge in [-0.3, -0.25) is 0 Å².